The molecule has 2 N–H and O–H groups in total. The molecule has 1 heterocycles. The van der Waals surface area contributed by atoms with Crippen LogP contribution in [0.4, 0.5) is 23.0 Å². The van der Waals surface area contributed by atoms with Crippen LogP contribution in [0.1, 0.15) is 63.7 Å². The molecule has 40 heavy (non-hydrogen) atoms. The van der Waals surface area contributed by atoms with E-state index in [9.17, 15) is 19.2 Å². The smallest absolute Gasteiger partial charge is 0.196 e. The first-order chi connectivity index (χ1) is 19.5. The molecule has 5 aromatic rings. The van der Waals surface area contributed by atoms with Crippen LogP contribution in [0.5, 0.6) is 0 Å². The number of aromatic nitrogens is 3. The Bertz CT molecular complexity index is 1810. The number of carbonyl (C=O) groups excluding carboxylic acids is 4. The lowest BCUT2D eigenvalue weighted by atomic mass is 9.83. The average molecular weight is 524 g/mol. The average Bonchev–Trinajstić information content (AvgIpc) is 2.99. The summed E-state index contributed by atoms with van der Waals surface area (Å²) in [6.07, 6.45) is 0. The standard InChI is InChI=1S/C31H17N5O4/c37-28-16-7-1-3-9-18(16)30(39)26-20(28)11-5-13-22(26)32-24-15-25(35-36-34-24)33-23-14-6-12-21-27(23)31(40)19-10-4-2-8-17(19)29(21)38/h1-15H,(H2,32,33,34,35). The van der Waals surface area contributed by atoms with Gasteiger partial charge in [0, 0.05) is 39.4 Å². The third kappa shape index (κ3) is 3.52. The van der Waals surface area contributed by atoms with E-state index in [0.29, 0.717) is 44.8 Å². The fourth-order valence-corrected chi connectivity index (χ4v) is 5.20. The van der Waals surface area contributed by atoms with Crippen LogP contribution in [0.3, 0.4) is 0 Å². The number of hydrogen-bond acceptors (Lipinski definition) is 9. The Morgan fingerprint density at radius 3 is 1.23 bits per heavy atom. The van der Waals surface area contributed by atoms with Crippen LogP contribution < -0.4 is 10.6 Å². The zero-order valence-electron chi connectivity index (χ0n) is 20.6. The van der Waals surface area contributed by atoms with E-state index in [1.165, 1.54) is 0 Å². The van der Waals surface area contributed by atoms with Crippen molar-refractivity contribution in [2.75, 3.05) is 10.6 Å². The highest BCUT2D eigenvalue weighted by atomic mass is 16.1. The second-order valence-electron chi connectivity index (χ2n) is 9.32. The molecule has 2 aliphatic carbocycles. The second kappa shape index (κ2) is 8.88. The third-order valence-corrected chi connectivity index (χ3v) is 7.01. The molecular weight excluding hydrogens is 506 g/mol. The van der Waals surface area contributed by atoms with Crippen LogP contribution in [0, 0.1) is 0 Å². The maximum absolute atomic E-state index is 13.3. The van der Waals surface area contributed by atoms with E-state index >= 15 is 0 Å². The Hall–Kier alpha value is -5.83. The molecule has 0 aliphatic heterocycles. The Morgan fingerprint density at radius 1 is 0.425 bits per heavy atom. The zero-order chi connectivity index (χ0) is 27.4. The minimum absolute atomic E-state index is 0.230. The first-order valence-corrected chi connectivity index (χ1v) is 12.4. The number of hydrogen-bond donors (Lipinski definition) is 2. The molecule has 0 bridgehead atoms. The van der Waals surface area contributed by atoms with Crippen LogP contribution in [0.2, 0.25) is 0 Å². The molecule has 0 spiro atoms. The molecule has 0 saturated carbocycles. The number of benzene rings is 4. The summed E-state index contributed by atoms with van der Waals surface area (Å²) < 4.78 is 0. The lowest BCUT2D eigenvalue weighted by molar-refractivity contribution is 0.0979. The van der Waals surface area contributed by atoms with Gasteiger partial charge in [-0.15, -0.1) is 10.2 Å². The molecule has 9 heteroatoms. The van der Waals surface area contributed by atoms with Crippen molar-refractivity contribution >= 4 is 46.1 Å². The number of ketones is 4. The highest BCUT2D eigenvalue weighted by molar-refractivity contribution is 6.31. The van der Waals surface area contributed by atoms with Gasteiger partial charge in [-0.05, 0) is 17.3 Å². The van der Waals surface area contributed by atoms with Crippen LogP contribution in [-0.2, 0) is 0 Å². The van der Waals surface area contributed by atoms with Crippen molar-refractivity contribution in [3.63, 3.8) is 0 Å². The monoisotopic (exact) mass is 523 g/mol. The molecule has 190 valence electrons. The number of nitrogens with one attached hydrogen (secondary N) is 2. The largest absolute Gasteiger partial charge is 0.338 e. The number of fused-ring (bicyclic) bond motifs is 4. The molecule has 0 saturated heterocycles. The Labute approximate surface area is 226 Å². The van der Waals surface area contributed by atoms with Gasteiger partial charge in [0.2, 0.25) is 0 Å². The molecule has 1 aromatic heterocycles. The molecule has 0 amide bonds. The van der Waals surface area contributed by atoms with Gasteiger partial charge in [0.25, 0.3) is 0 Å². The van der Waals surface area contributed by atoms with E-state index in [0.717, 1.165) is 0 Å². The van der Waals surface area contributed by atoms with E-state index in [1.807, 2.05) is 0 Å². The van der Waals surface area contributed by atoms with Crippen LogP contribution in [0.15, 0.2) is 91.0 Å². The summed E-state index contributed by atoms with van der Waals surface area (Å²) in [6.45, 7) is 0. The lowest BCUT2D eigenvalue weighted by Gasteiger charge is -2.21. The predicted molar refractivity (Wildman–Crippen MR) is 146 cm³/mol. The second-order valence-corrected chi connectivity index (χ2v) is 9.32. The van der Waals surface area contributed by atoms with Gasteiger partial charge in [-0.1, -0.05) is 72.8 Å². The van der Waals surface area contributed by atoms with E-state index in [1.54, 1.807) is 91.0 Å². The highest BCUT2D eigenvalue weighted by Crippen LogP contribution is 2.35. The fraction of sp³-hybridized carbons (Fsp3) is 0. The SMILES string of the molecule is O=C1c2ccccc2C(=O)c2c(Nc3cc(Nc4cccc5c4C(=O)c4ccccc4C5=O)nnn3)cccc21. The Morgan fingerprint density at radius 2 is 0.800 bits per heavy atom. The first kappa shape index (κ1) is 23.3. The van der Waals surface area contributed by atoms with Gasteiger partial charge in [0.05, 0.1) is 22.5 Å². The van der Waals surface area contributed by atoms with Crippen molar-refractivity contribution in [2.24, 2.45) is 0 Å². The molecule has 7 rings (SSSR count). The summed E-state index contributed by atoms with van der Waals surface area (Å²) >= 11 is 0. The number of rotatable bonds is 4. The lowest BCUT2D eigenvalue weighted by Crippen LogP contribution is -2.22. The number of nitrogens with zero attached hydrogens (tertiary/aromatic N) is 3. The number of anilines is 4. The van der Waals surface area contributed by atoms with Gasteiger partial charge in [0.15, 0.2) is 34.8 Å². The summed E-state index contributed by atoms with van der Waals surface area (Å²) in [7, 11) is 0. The van der Waals surface area contributed by atoms with Crippen molar-refractivity contribution in [3.8, 4) is 0 Å². The zero-order valence-corrected chi connectivity index (χ0v) is 20.6. The summed E-state index contributed by atoms with van der Waals surface area (Å²) in [4.78, 5) is 52.8. The van der Waals surface area contributed by atoms with Gasteiger partial charge < -0.3 is 10.6 Å². The summed E-state index contributed by atoms with van der Waals surface area (Å²) in [6, 6.07) is 25.0. The van der Waals surface area contributed by atoms with Crippen LogP contribution in [-0.4, -0.2) is 38.5 Å². The van der Waals surface area contributed by atoms with Crippen LogP contribution in [0.25, 0.3) is 0 Å². The van der Waals surface area contributed by atoms with Gasteiger partial charge >= 0.3 is 0 Å². The Kier molecular flexibility index (Phi) is 5.17. The highest BCUT2D eigenvalue weighted by Gasteiger charge is 2.33. The van der Waals surface area contributed by atoms with Gasteiger partial charge in [-0.3, -0.25) is 19.2 Å². The van der Waals surface area contributed by atoms with Crippen molar-refractivity contribution < 1.29 is 19.2 Å². The van der Waals surface area contributed by atoms with Gasteiger partial charge in [-0.25, -0.2) is 0 Å². The first-order valence-electron chi connectivity index (χ1n) is 12.4. The fourth-order valence-electron chi connectivity index (χ4n) is 5.20. The molecule has 2 aliphatic rings. The maximum Gasteiger partial charge on any atom is 0.196 e. The van der Waals surface area contributed by atoms with E-state index in [2.05, 4.69) is 26.0 Å². The van der Waals surface area contributed by atoms with Gasteiger partial charge in [-0.2, -0.15) is 0 Å². The van der Waals surface area contributed by atoms with E-state index in [-0.39, 0.29) is 45.9 Å². The molecule has 4 aromatic carbocycles. The molecule has 0 unspecified atom stereocenters. The molecule has 0 fully saturated rings. The summed E-state index contributed by atoms with van der Waals surface area (Å²) in [5.41, 5.74) is 3.31. The van der Waals surface area contributed by atoms with Crippen molar-refractivity contribution in [1.82, 2.24) is 15.4 Å². The van der Waals surface area contributed by atoms with Gasteiger partial charge in [0.1, 0.15) is 0 Å². The number of carbonyl (C=O) groups is 4. The van der Waals surface area contributed by atoms with E-state index < -0.39 is 0 Å². The topological polar surface area (TPSA) is 131 Å². The quantitative estimate of drug-likeness (QED) is 0.330. The normalized spacial score (nSPS) is 13.2. The minimum atomic E-state index is -0.270. The summed E-state index contributed by atoms with van der Waals surface area (Å²) in [5, 5.41) is 18.0. The van der Waals surface area contributed by atoms with Crippen molar-refractivity contribution in [3.05, 3.63) is 136 Å². The summed E-state index contributed by atoms with van der Waals surface area (Å²) in [5.74, 6) is -0.496. The Balaban J connectivity index is 1.22. The predicted octanol–water partition coefficient (Wildman–Crippen LogP) is 4.91. The molecular formula is C31H17N5O4. The van der Waals surface area contributed by atoms with Crippen LogP contribution >= 0.6 is 0 Å². The maximum atomic E-state index is 13.3. The van der Waals surface area contributed by atoms with Crippen molar-refractivity contribution in [1.29, 1.82) is 0 Å². The molecule has 0 atom stereocenters. The van der Waals surface area contributed by atoms with Crippen molar-refractivity contribution in [2.45, 2.75) is 0 Å². The molecule has 0 radical (unpaired) electrons. The van der Waals surface area contributed by atoms with E-state index in [4.69, 9.17) is 0 Å². The minimum Gasteiger partial charge on any atom is -0.338 e. The third-order valence-electron chi connectivity index (χ3n) is 7.01. The molecule has 9 nitrogen and oxygen atoms in total.